The number of aliphatic imine (C=N–C) groups is 1. The van der Waals surface area contributed by atoms with E-state index in [1.807, 2.05) is 6.92 Å². The van der Waals surface area contributed by atoms with Crippen molar-refractivity contribution >= 4 is 28.7 Å². The maximum atomic E-state index is 12.4. The molecule has 3 aliphatic rings. The van der Waals surface area contributed by atoms with Crippen LogP contribution in [0.5, 0.6) is 0 Å². The van der Waals surface area contributed by atoms with Crippen molar-refractivity contribution in [1.82, 2.24) is 4.98 Å². The lowest BCUT2D eigenvalue weighted by Gasteiger charge is -2.23. The first-order valence-corrected chi connectivity index (χ1v) is 10.2. The Morgan fingerprint density at radius 3 is 2.81 bits per heavy atom. The Labute approximate surface area is 158 Å². The maximum absolute atomic E-state index is 12.4. The van der Waals surface area contributed by atoms with Crippen LogP contribution in [-0.2, 0) is 9.53 Å². The number of nitrogens with zero attached hydrogens (tertiary/aromatic N) is 2. The second-order valence-corrected chi connectivity index (χ2v) is 9.48. The number of ether oxygens (including phenoxy) is 1. The fraction of sp³-hybridized carbons (Fsp3) is 0.600. The van der Waals surface area contributed by atoms with Gasteiger partial charge in [0.2, 0.25) is 0 Å². The summed E-state index contributed by atoms with van der Waals surface area (Å²) >= 11 is 1.58. The Balaban J connectivity index is 1.27. The summed E-state index contributed by atoms with van der Waals surface area (Å²) in [5.41, 5.74) is 0.476. The molecule has 26 heavy (non-hydrogen) atoms. The lowest BCUT2D eigenvalue weighted by molar-refractivity contribution is -0.119. The van der Waals surface area contributed by atoms with Gasteiger partial charge >= 0.3 is 5.97 Å². The number of aromatic nitrogens is 1. The minimum absolute atomic E-state index is 0.0828. The Kier molecular flexibility index (Phi) is 4.86. The third-order valence-electron chi connectivity index (χ3n) is 6.07. The molecule has 1 aromatic rings. The lowest BCUT2D eigenvalue weighted by atomic mass is 9.87. The lowest BCUT2D eigenvalue weighted by Crippen LogP contribution is -2.29. The van der Waals surface area contributed by atoms with Crippen LogP contribution in [0.2, 0.25) is 0 Å². The van der Waals surface area contributed by atoms with Gasteiger partial charge in [-0.3, -0.25) is 9.78 Å². The van der Waals surface area contributed by atoms with Crippen molar-refractivity contribution in [2.24, 2.45) is 22.7 Å². The first kappa shape index (κ1) is 17.7. The van der Waals surface area contributed by atoms with Crippen molar-refractivity contribution in [2.45, 2.75) is 50.2 Å². The molecule has 2 aliphatic carbocycles. The first-order chi connectivity index (χ1) is 12.5. The van der Waals surface area contributed by atoms with Crippen LogP contribution in [-0.4, -0.2) is 33.3 Å². The van der Waals surface area contributed by atoms with E-state index in [0.29, 0.717) is 17.9 Å². The second kappa shape index (κ2) is 7.14. The minimum atomic E-state index is -0.606. The molecule has 4 atom stereocenters. The zero-order valence-electron chi connectivity index (χ0n) is 15.0. The topological polar surface area (TPSA) is 68.6 Å². The van der Waals surface area contributed by atoms with E-state index in [9.17, 15) is 9.59 Å². The van der Waals surface area contributed by atoms with Gasteiger partial charge in [0.1, 0.15) is 4.75 Å². The SMILES string of the molecule is CC1(CCOC(=O)c2ccncc2)SC(CC2CC3CCC2C3)=NC1=O. The van der Waals surface area contributed by atoms with Crippen molar-refractivity contribution in [3.63, 3.8) is 0 Å². The highest BCUT2D eigenvalue weighted by Gasteiger charge is 2.44. The number of carbonyl (C=O) groups excluding carboxylic acids is 2. The first-order valence-electron chi connectivity index (χ1n) is 9.42. The van der Waals surface area contributed by atoms with E-state index >= 15 is 0 Å². The molecule has 2 fully saturated rings. The Morgan fingerprint density at radius 2 is 2.12 bits per heavy atom. The molecule has 0 N–H and O–H groups in total. The highest BCUT2D eigenvalue weighted by atomic mass is 32.2. The van der Waals surface area contributed by atoms with E-state index in [2.05, 4.69) is 9.98 Å². The standard InChI is InChI=1S/C20H24N2O3S/c1-20(6-9-25-18(23)14-4-7-21-8-5-14)19(24)22-17(26-20)12-16-11-13-2-3-15(16)10-13/h4-5,7-8,13,15-16H,2-3,6,9-12H2,1H3. The molecule has 2 saturated carbocycles. The number of fused-ring (bicyclic) bond motifs is 2. The summed E-state index contributed by atoms with van der Waals surface area (Å²) in [6.45, 7) is 2.13. The Morgan fingerprint density at radius 1 is 1.31 bits per heavy atom. The number of esters is 1. The predicted octanol–water partition coefficient (Wildman–Crippen LogP) is 3.89. The van der Waals surface area contributed by atoms with Gasteiger partial charge in [-0.25, -0.2) is 9.79 Å². The molecule has 1 aliphatic heterocycles. The van der Waals surface area contributed by atoms with Gasteiger partial charge in [-0.2, -0.15) is 0 Å². The molecule has 5 nitrogen and oxygen atoms in total. The van der Waals surface area contributed by atoms with Gasteiger partial charge in [-0.1, -0.05) is 18.2 Å². The van der Waals surface area contributed by atoms with E-state index in [1.54, 1.807) is 36.3 Å². The van der Waals surface area contributed by atoms with Gasteiger partial charge in [0, 0.05) is 18.8 Å². The van der Waals surface area contributed by atoms with E-state index in [1.165, 1.54) is 25.7 Å². The highest BCUT2D eigenvalue weighted by molar-refractivity contribution is 8.16. The van der Waals surface area contributed by atoms with Crippen LogP contribution in [0.3, 0.4) is 0 Å². The summed E-state index contributed by atoms with van der Waals surface area (Å²) in [6, 6.07) is 3.24. The summed E-state index contributed by atoms with van der Waals surface area (Å²) in [5.74, 6) is 1.99. The van der Waals surface area contributed by atoms with Crippen LogP contribution < -0.4 is 0 Å². The van der Waals surface area contributed by atoms with Crippen molar-refractivity contribution in [1.29, 1.82) is 0 Å². The summed E-state index contributed by atoms with van der Waals surface area (Å²) in [6.07, 6.45) is 9.97. The number of hydrogen-bond acceptors (Lipinski definition) is 5. The van der Waals surface area contributed by atoms with E-state index < -0.39 is 4.75 Å². The molecule has 4 rings (SSSR count). The molecule has 0 saturated heterocycles. The van der Waals surface area contributed by atoms with Crippen molar-refractivity contribution < 1.29 is 14.3 Å². The van der Waals surface area contributed by atoms with Gasteiger partial charge in [-0.05, 0) is 62.5 Å². The molecule has 2 bridgehead atoms. The van der Waals surface area contributed by atoms with Crippen molar-refractivity contribution in [3.8, 4) is 0 Å². The molecule has 0 spiro atoms. The number of pyridine rings is 1. The molecule has 138 valence electrons. The van der Waals surface area contributed by atoms with Crippen LogP contribution in [0.15, 0.2) is 29.5 Å². The van der Waals surface area contributed by atoms with Crippen LogP contribution in [0.1, 0.15) is 55.8 Å². The Hall–Kier alpha value is -1.69. The second-order valence-electron chi connectivity index (χ2n) is 7.90. The van der Waals surface area contributed by atoms with Crippen LogP contribution in [0.4, 0.5) is 0 Å². The number of rotatable bonds is 6. The third kappa shape index (κ3) is 3.56. The third-order valence-corrected chi connectivity index (χ3v) is 7.39. The van der Waals surface area contributed by atoms with E-state index in [4.69, 9.17) is 4.74 Å². The van der Waals surface area contributed by atoms with Crippen LogP contribution >= 0.6 is 11.8 Å². The van der Waals surface area contributed by atoms with Gasteiger partial charge in [0.25, 0.3) is 5.91 Å². The fourth-order valence-corrected chi connectivity index (χ4v) is 5.83. The molecule has 1 aromatic heterocycles. The molecule has 1 amide bonds. The van der Waals surface area contributed by atoms with Gasteiger partial charge in [-0.15, -0.1) is 0 Å². The normalized spacial score (nSPS) is 32.7. The van der Waals surface area contributed by atoms with Crippen molar-refractivity contribution in [2.75, 3.05) is 6.61 Å². The van der Waals surface area contributed by atoms with Gasteiger partial charge < -0.3 is 4.74 Å². The predicted molar refractivity (Wildman–Crippen MR) is 101 cm³/mol. The molecular weight excluding hydrogens is 348 g/mol. The average molecular weight is 372 g/mol. The van der Waals surface area contributed by atoms with Gasteiger partial charge in [0.15, 0.2) is 0 Å². The molecule has 0 aromatic carbocycles. The number of carbonyl (C=O) groups is 2. The fourth-order valence-electron chi connectivity index (χ4n) is 4.56. The number of thioether (sulfide) groups is 1. The summed E-state index contributed by atoms with van der Waals surface area (Å²) in [4.78, 5) is 32.7. The zero-order chi connectivity index (χ0) is 18.1. The minimum Gasteiger partial charge on any atom is -0.462 e. The summed E-state index contributed by atoms with van der Waals surface area (Å²) in [7, 11) is 0. The van der Waals surface area contributed by atoms with E-state index in [0.717, 1.165) is 23.3 Å². The molecule has 0 radical (unpaired) electrons. The molecular formula is C20H24N2O3S. The molecule has 6 heteroatoms. The largest absolute Gasteiger partial charge is 0.462 e. The average Bonchev–Trinajstić information content (AvgIpc) is 3.31. The van der Waals surface area contributed by atoms with Crippen LogP contribution in [0, 0.1) is 17.8 Å². The highest BCUT2D eigenvalue weighted by Crippen LogP contribution is 2.51. The number of amides is 1. The monoisotopic (exact) mass is 372 g/mol. The molecule has 4 unspecified atom stereocenters. The quantitative estimate of drug-likeness (QED) is 0.709. The summed E-state index contributed by atoms with van der Waals surface area (Å²) in [5, 5.41) is 0.982. The smallest absolute Gasteiger partial charge is 0.338 e. The van der Waals surface area contributed by atoms with Crippen LogP contribution in [0.25, 0.3) is 0 Å². The molecule has 2 heterocycles. The van der Waals surface area contributed by atoms with Gasteiger partial charge in [0.05, 0.1) is 17.2 Å². The van der Waals surface area contributed by atoms with E-state index in [-0.39, 0.29) is 18.5 Å². The maximum Gasteiger partial charge on any atom is 0.338 e. The Bertz CT molecular complexity index is 736. The van der Waals surface area contributed by atoms with Crippen molar-refractivity contribution in [3.05, 3.63) is 30.1 Å². The number of hydrogen-bond donors (Lipinski definition) is 0. The summed E-state index contributed by atoms with van der Waals surface area (Å²) < 4.78 is 4.72. The zero-order valence-corrected chi connectivity index (χ0v) is 15.8.